The zero-order chi connectivity index (χ0) is 9.19. The van der Waals surface area contributed by atoms with Gasteiger partial charge in [0, 0.05) is 0 Å². The predicted octanol–water partition coefficient (Wildman–Crippen LogP) is 1.15. The Kier molecular flexibility index (Phi) is 2.78. The second-order valence-corrected chi connectivity index (χ2v) is 3.60. The van der Waals surface area contributed by atoms with Gasteiger partial charge in [0.05, 0.1) is 0 Å². The highest BCUT2D eigenvalue weighted by atomic mass is 35.5. The number of halogens is 1. The van der Waals surface area contributed by atoms with Gasteiger partial charge in [-0.15, -0.1) is 11.6 Å². The average Bonchev–Trinajstić information content (AvgIpc) is 2.06. The van der Waals surface area contributed by atoms with E-state index in [2.05, 4.69) is 0 Å². The van der Waals surface area contributed by atoms with Crippen molar-refractivity contribution >= 4 is 18.7 Å². The van der Waals surface area contributed by atoms with E-state index in [1.54, 1.807) is 31.2 Å². The van der Waals surface area contributed by atoms with E-state index in [0.717, 1.165) is 0 Å². The van der Waals surface area contributed by atoms with Crippen molar-refractivity contribution in [3.63, 3.8) is 0 Å². The van der Waals surface area contributed by atoms with Gasteiger partial charge in [-0.25, -0.2) is 0 Å². The van der Waals surface area contributed by atoms with Gasteiger partial charge in [-0.3, -0.25) is 0 Å². The summed E-state index contributed by atoms with van der Waals surface area (Å²) in [4.78, 5) is 0. The van der Waals surface area contributed by atoms with Crippen LogP contribution in [0.15, 0.2) is 30.3 Å². The first kappa shape index (κ1) is 9.58. The van der Waals surface area contributed by atoms with Gasteiger partial charge in [-0.05, 0) is 12.5 Å². The fraction of sp³-hybridized carbons (Fsp3) is 0.250. The third kappa shape index (κ3) is 1.80. The van der Waals surface area contributed by atoms with Gasteiger partial charge in [0.1, 0.15) is 4.77 Å². The Hall–Kier alpha value is -0.505. The van der Waals surface area contributed by atoms with Crippen molar-refractivity contribution in [3.05, 3.63) is 35.9 Å². The molecule has 0 fully saturated rings. The summed E-state index contributed by atoms with van der Waals surface area (Å²) in [6.07, 6.45) is 0. The fourth-order valence-corrected chi connectivity index (χ4v) is 1.04. The summed E-state index contributed by atoms with van der Waals surface area (Å²) in [6.45, 7) is 1.56. The molecule has 0 saturated heterocycles. The first-order valence-electron chi connectivity index (χ1n) is 3.65. The topological polar surface area (TPSA) is 40.5 Å². The molecule has 12 heavy (non-hydrogen) atoms. The van der Waals surface area contributed by atoms with Gasteiger partial charge in [-0.2, -0.15) is 0 Å². The average molecular weight is 184 g/mol. The van der Waals surface area contributed by atoms with E-state index in [1.165, 1.54) is 0 Å². The maximum absolute atomic E-state index is 8.96. The van der Waals surface area contributed by atoms with Crippen molar-refractivity contribution in [2.75, 3.05) is 0 Å². The molecule has 0 aliphatic carbocycles. The molecule has 1 rings (SSSR count). The second-order valence-electron chi connectivity index (χ2n) is 2.82. The molecule has 0 heterocycles. The Morgan fingerprint density at radius 3 is 2.17 bits per heavy atom. The maximum atomic E-state index is 8.96. The molecule has 0 amide bonds. The lowest BCUT2D eigenvalue weighted by atomic mass is 9.69. The molecule has 2 nitrogen and oxygen atoms in total. The molecular weight excluding hydrogens is 174 g/mol. The van der Waals surface area contributed by atoms with Gasteiger partial charge in [-0.1, -0.05) is 30.3 Å². The van der Waals surface area contributed by atoms with Crippen LogP contribution in [0.1, 0.15) is 12.5 Å². The van der Waals surface area contributed by atoms with Gasteiger partial charge < -0.3 is 10.0 Å². The van der Waals surface area contributed by atoms with Crippen LogP contribution < -0.4 is 0 Å². The first-order chi connectivity index (χ1) is 5.55. The molecule has 0 aliphatic heterocycles. The lowest BCUT2D eigenvalue weighted by Crippen LogP contribution is -2.35. The second kappa shape index (κ2) is 3.48. The Labute approximate surface area is 76.9 Å². The Bertz CT molecular complexity index is 248. The minimum Gasteiger partial charge on any atom is -0.426 e. The smallest absolute Gasteiger partial charge is 0.426 e. The summed E-state index contributed by atoms with van der Waals surface area (Å²) in [5.74, 6) is 0. The van der Waals surface area contributed by atoms with Crippen LogP contribution in [0, 0.1) is 0 Å². The van der Waals surface area contributed by atoms with E-state index in [0.29, 0.717) is 5.56 Å². The molecular formula is C8H10BClO2. The van der Waals surface area contributed by atoms with Crippen LogP contribution in [0.2, 0.25) is 0 Å². The largest absolute Gasteiger partial charge is 0.478 e. The van der Waals surface area contributed by atoms with Crippen LogP contribution in [-0.4, -0.2) is 17.2 Å². The zero-order valence-corrected chi connectivity index (χ0v) is 7.49. The SMILES string of the molecule is CC(Cl)(B(O)O)c1ccccc1. The van der Waals surface area contributed by atoms with Gasteiger partial charge in [0.15, 0.2) is 0 Å². The number of hydrogen-bond acceptors (Lipinski definition) is 2. The Morgan fingerprint density at radius 1 is 1.25 bits per heavy atom. The number of hydrogen-bond donors (Lipinski definition) is 2. The minimum atomic E-state index is -1.55. The molecule has 64 valence electrons. The third-order valence-electron chi connectivity index (χ3n) is 1.82. The summed E-state index contributed by atoms with van der Waals surface area (Å²) in [6, 6.07) is 8.97. The van der Waals surface area contributed by atoms with Gasteiger partial charge >= 0.3 is 7.12 Å². The normalized spacial score (nSPS) is 15.3. The van der Waals surface area contributed by atoms with E-state index in [1.807, 2.05) is 6.07 Å². The lowest BCUT2D eigenvalue weighted by Gasteiger charge is -2.20. The van der Waals surface area contributed by atoms with Crippen LogP contribution in [0.5, 0.6) is 0 Å². The molecule has 0 radical (unpaired) electrons. The number of alkyl halides is 1. The quantitative estimate of drug-likeness (QED) is 0.535. The standard InChI is InChI=1S/C8H10BClO2/c1-8(10,9(11)12)7-5-3-2-4-6-7/h2-6,11-12H,1H3. The number of benzene rings is 1. The van der Waals surface area contributed by atoms with E-state index in [9.17, 15) is 0 Å². The summed E-state index contributed by atoms with van der Waals surface area (Å²) in [5.41, 5.74) is 0.696. The fourth-order valence-electron chi connectivity index (χ4n) is 0.913. The van der Waals surface area contributed by atoms with E-state index in [-0.39, 0.29) is 0 Å². The summed E-state index contributed by atoms with van der Waals surface area (Å²) in [5, 5.41) is 17.9. The van der Waals surface area contributed by atoms with Crippen molar-refractivity contribution < 1.29 is 10.0 Å². The van der Waals surface area contributed by atoms with Crippen LogP contribution in [0.4, 0.5) is 0 Å². The highest BCUT2D eigenvalue weighted by molar-refractivity contribution is 6.59. The predicted molar refractivity (Wildman–Crippen MR) is 49.8 cm³/mol. The highest BCUT2D eigenvalue weighted by Crippen LogP contribution is 2.28. The maximum Gasteiger partial charge on any atom is 0.478 e. The molecule has 0 saturated carbocycles. The van der Waals surface area contributed by atoms with Crippen molar-refractivity contribution in [1.29, 1.82) is 0 Å². The molecule has 0 aromatic heterocycles. The molecule has 4 heteroatoms. The monoisotopic (exact) mass is 184 g/mol. The van der Waals surface area contributed by atoms with Crippen LogP contribution in [0.3, 0.4) is 0 Å². The molecule has 1 aromatic rings. The van der Waals surface area contributed by atoms with Crippen LogP contribution in [0.25, 0.3) is 0 Å². The highest BCUT2D eigenvalue weighted by Gasteiger charge is 2.36. The Morgan fingerprint density at radius 2 is 1.75 bits per heavy atom. The molecule has 0 spiro atoms. The molecule has 0 aliphatic rings. The van der Waals surface area contributed by atoms with Crippen LogP contribution in [-0.2, 0) is 4.77 Å². The zero-order valence-electron chi connectivity index (χ0n) is 6.74. The Balaban J connectivity index is 2.98. The van der Waals surface area contributed by atoms with E-state index >= 15 is 0 Å². The van der Waals surface area contributed by atoms with Gasteiger partial charge in [0.2, 0.25) is 0 Å². The van der Waals surface area contributed by atoms with Crippen LogP contribution >= 0.6 is 11.6 Å². The molecule has 1 aromatic carbocycles. The summed E-state index contributed by atoms with van der Waals surface area (Å²) >= 11 is 5.90. The van der Waals surface area contributed by atoms with Crippen molar-refractivity contribution in [3.8, 4) is 0 Å². The van der Waals surface area contributed by atoms with Gasteiger partial charge in [0.25, 0.3) is 0 Å². The summed E-state index contributed by atoms with van der Waals surface area (Å²) in [7, 11) is -1.55. The lowest BCUT2D eigenvalue weighted by molar-refractivity contribution is 0.382. The number of rotatable bonds is 2. The third-order valence-corrected chi connectivity index (χ3v) is 2.24. The van der Waals surface area contributed by atoms with E-state index < -0.39 is 11.9 Å². The first-order valence-corrected chi connectivity index (χ1v) is 4.03. The minimum absolute atomic E-state index is 0.696. The van der Waals surface area contributed by atoms with E-state index in [4.69, 9.17) is 21.6 Å². The molecule has 0 bridgehead atoms. The molecule has 1 unspecified atom stereocenters. The van der Waals surface area contributed by atoms with Crippen molar-refractivity contribution in [2.24, 2.45) is 0 Å². The summed E-state index contributed by atoms with van der Waals surface area (Å²) < 4.78 is -1.12. The molecule has 2 N–H and O–H groups in total. The molecule has 1 atom stereocenters. The van der Waals surface area contributed by atoms with Crippen molar-refractivity contribution in [1.82, 2.24) is 0 Å². The van der Waals surface area contributed by atoms with Crippen molar-refractivity contribution in [2.45, 2.75) is 11.7 Å².